The lowest BCUT2D eigenvalue weighted by molar-refractivity contribution is -0.116. The number of H-pyrrole nitrogens is 1. The van der Waals surface area contributed by atoms with Crippen LogP contribution in [-0.2, 0) is 11.2 Å². The number of rotatable bonds is 5. The van der Waals surface area contributed by atoms with E-state index in [2.05, 4.69) is 10.3 Å². The van der Waals surface area contributed by atoms with Crippen LogP contribution in [0, 0.1) is 0 Å². The van der Waals surface area contributed by atoms with E-state index in [4.69, 9.17) is 9.47 Å². The molecule has 0 spiro atoms. The molecule has 0 fully saturated rings. The first-order valence-electron chi connectivity index (χ1n) is 9.40. The number of aromatic nitrogens is 1. The zero-order chi connectivity index (χ0) is 19.7. The maximum absolute atomic E-state index is 13.4. The molecule has 0 atom stereocenters. The second-order valence-corrected chi connectivity index (χ2v) is 6.81. The summed E-state index contributed by atoms with van der Waals surface area (Å²) in [7, 11) is 1.61. The molecule has 3 aromatic rings. The van der Waals surface area contributed by atoms with Gasteiger partial charge < -0.3 is 19.8 Å². The lowest BCUT2D eigenvalue weighted by Crippen LogP contribution is -2.21. The summed E-state index contributed by atoms with van der Waals surface area (Å²) in [6.45, 7) is 2.55. The number of nitrogens with one attached hydrogen (secondary N) is 2. The maximum Gasteiger partial charge on any atom is 0.224 e. The maximum atomic E-state index is 13.4. The number of hydrogen-bond acceptors (Lipinski definition) is 4. The van der Waals surface area contributed by atoms with Crippen molar-refractivity contribution in [3.8, 4) is 22.6 Å². The molecule has 2 N–H and O–H groups in total. The number of methoxy groups -OCH3 is 1. The summed E-state index contributed by atoms with van der Waals surface area (Å²) >= 11 is 0. The van der Waals surface area contributed by atoms with Crippen LogP contribution in [0.25, 0.3) is 22.0 Å². The summed E-state index contributed by atoms with van der Waals surface area (Å²) in [4.78, 5) is 28.6. The Morgan fingerprint density at radius 2 is 1.89 bits per heavy atom. The van der Waals surface area contributed by atoms with Crippen LogP contribution < -0.4 is 20.2 Å². The van der Waals surface area contributed by atoms with Gasteiger partial charge in [-0.1, -0.05) is 19.1 Å². The predicted molar refractivity (Wildman–Crippen MR) is 109 cm³/mol. The average molecular weight is 378 g/mol. The van der Waals surface area contributed by atoms with E-state index in [9.17, 15) is 9.59 Å². The Labute approximate surface area is 162 Å². The van der Waals surface area contributed by atoms with Crippen molar-refractivity contribution >= 4 is 22.5 Å². The molecule has 4 rings (SSSR count). The summed E-state index contributed by atoms with van der Waals surface area (Å²) in [5.41, 5.74) is 3.49. The first-order valence-corrected chi connectivity index (χ1v) is 9.40. The number of fused-ring (bicyclic) bond motifs is 3. The number of aromatic amines is 1. The highest BCUT2D eigenvalue weighted by Gasteiger charge is 2.23. The van der Waals surface area contributed by atoms with Crippen LogP contribution in [0.15, 0.2) is 41.3 Å². The normalized spacial score (nSPS) is 13.1. The lowest BCUT2D eigenvalue weighted by Gasteiger charge is -2.21. The Hall–Kier alpha value is -3.28. The van der Waals surface area contributed by atoms with Crippen molar-refractivity contribution in [1.29, 1.82) is 0 Å². The zero-order valence-corrected chi connectivity index (χ0v) is 15.9. The van der Waals surface area contributed by atoms with E-state index < -0.39 is 0 Å². The van der Waals surface area contributed by atoms with Crippen LogP contribution in [0.2, 0.25) is 0 Å². The number of ether oxygens (including phenoxy) is 2. The van der Waals surface area contributed by atoms with Gasteiger partial charge in [-0.15, -0.1) is 0 Å². The van der Waals surface area contributed by atoms with E-state index in [-0.39, 0.29) is 11.3 Å². The molecule has 144 valence electrons. The molecule has 0 bridgehead atoms. The average Bonchev–Trinajstić information content (AvgIpc) is 2.72. The molecule has 1 aromatic heterocycles. The fourth-order valence-corrected chi connectivity index (χ4v) is 3.57. The minimum absolute atomic E-state index is 0.0453. The highest BCUT2D eigenvalue weighted by Crippen LogP contribution is 2.36. The summed E-state index contributed by atoms with van der Waals surface area (Å²) in [6, 6.07) is 9.19. The molecule has 2 heterocycles. The van der Waals surface area contributed by atoms with E-state index in [0.717, 1.165) is 23.3 Å². The van der Waals surface area contributed by atoms with Crippen LogP contribution in [0.3, 0.4) is 0 Å². The van der Waals surface area contributed by atoms with E-state index in [1.807, 2.05) is 37.3 Å². The van der Waals surface area contributed by atoms with Crippen molar-refractivity contribution in [2.45, 2.75) is 26.2 Å². The summed E-state index contributed by atoms with van der Waals surface area (Å²) in [6.07, 6.45) is 3.46. The number of pyridine rings is 1. The molecule has 0 aliphatic carbocycles. The minimum Gasteiger partial charge on any atom is -0.497 e. The smallest absolute Gasteiger partial charge is 0.224 e. The Bertz CT molecular complexity index is 1100. The van der Waals surface area contributed by atoms with E-state index in [1.54, 1.807) is 13.3 Å². The molecule has 1 amide bonds. The third kappa shape index (κ3) is 3.11. The number of aryl methyl sites for hydroxylation is 1. The fraction of sp³-hybridized carbons (Fsp3) is 0.273. The molecule has 6 heteroatoms. The van der Waals surface area contributed by atoms with Gasteiger partial charge in [0, 0.05) is 29.9 Å². The SMILES string of the molecule is CCCOc1cc2c(c3c(=O)c(-c4ccc(OC)cc4)c[nH]c13)CCC(=O)N2. The highest BCUT2D eigenvalue weighted by atomic mass is 16.5. The molecule has 0 unspecified atom stereocenters. The van der Waals surface area contributed by atoms with Gasteiger partial charge in [-0.25, -0.2) is 0 Å². The third-order valence-corrected chi connectivity index (χ3v) is 4.97. The largest absolute Gasteiger partial charge is 0.497 e. The van der Waals surface area contributed by atoms with Gasteiger partial charge in [-0.05, 0) is 36.1 Å². The van der Waals surface area contributed by atoms with Gasteiger partial charge in [0.05, 0.1) is 24.6 Å². The minimum atomic E-state index is -0.0757. The Balaban J connectivity index is 1.94. The van der Waals surface area contributed by atoms with E-state index in [0.29, 0.717) is 47.4 Å². The first kappa shape index (κ1) is 18.1. The van der Waals surface area contributed by atoms with Crippen molar-refractivity contribution in [1.82, 2.24) is 4.98 Å². The number of hydrogen-bond donors (Lipinski definition) is 2. The van der Waals surface area contributed by atoms with Gasteiger partial charge in [0.1, 0.15) is 11.5 Å². The van der Waals surface area contributed by atoms with E-state index in [1.165, 1.54) is 0 Å². The van der Waals surface area contributed by atoms with Crippen molar-refractivity contribution in [3.63, 3.8) is 0 Å². The van der Waals surface area contributed by atoms with Crippen molar-refractivity contribution in [3.05, 3.63) is 52.3 Å². The molecule has 0 saturated heterocycles. The van der Waals surface area contributed by atoms with Crippen LogP contribution in [0.5, 0.6) is 11.5 Å². The molecular formula is C22H22N2O4. The number of benzene rings is 2. The monoisotopic (exact) mass is 378 g/mol. The molecule has 6 nitrogen and oxygen atoms in total. The van der Waals surface area contributed by atoms with Crippen LogP contribution in [-0.4, -0.2) is 24.6 Å². The first-order chi connectivity index (χ1) is 13.6. The topological polar surface area (TPSA) is 80.4 Å². The van der Waals surface area contributed by atoms with Crippen LogP contribution in [0.1, 0.15) is 25.3 Å². The number of carbonyl (C=O) groups excluding carboxylic acids is 1. The number of anilines is 1. The summed E-state index contributed by atoms with van der Waals surface area (Å²) in [5.74, 6) is 1.27. The number of carbonyl (C=O) groups is 1. The van der Waals surface area contributed by atoms with Gasteiger partial charge in [0.15, 0.2) is 5.43 Å². The molecule has 1 aliphatic rings. The second-order valence-electron chi connectivity index (χ2n) is 6.81. The molecule has 2 aromatic carbocycles. The standard InChI is InChI=1S/C22H22N2O4/c1-3-10-28-18-11-17-15(8-9-19(25)24-17)20-21(18)23-12-16(22(20)26)13-4-6-14(27-2)7-5-13/h4-7,11-12H,3,8-10H2,1-2H3,(H,23,26)(H,24,25). The van der Waals surface area contributed by atoms with E-state index >= 15 is 0 Å². The van der Waals surface area contributed by atoms with Gasteiger partial charge >= 0.3 is 0 Å². The Kier molecular flexibility index (Phi) is 4.77. The molecule has 0 radical (unpaired) electrons. The second kappa shape index (κ2) is 7.38. The lowest BCUT2D eigenvalue weighted by atomic mass is 9.95. The highest BCUT2D eigenvalue weighted by molar-refractivity contribution is 6.02. The fourth-order valence-electron chi connectivity index (χ4n) is 3.57. The Morgan fingerprint density at radius 1 is 1.11 bits per heavy atom. The quantitative estimate of drug-likeness (QED) is 0.706. The Morgan fingerprint density at radius 3 is 2.61 bits per heavy atom. The van der Waals surface area contributed by atoms with Gasteiger partial charge in [0.25, 0.3) is 0 Å². The molecule has 28 heavy (non-hydrogen) atoms. The van der Waals surface area contributed by atoms with Gasteiger partial charge in [0.2, 0.25) is 5.91 Å². The predicted octanol–water partition coefficient (Wildman–Crippen LogP) is 3.88. The summed E-state index contributed by atoms with van der Waals surface area (Å²) < 4.78 is 11.1. The van der Waals surface area contributed by atoms with Gasteiger partial charge in [-0.2, -0.15) is 0 Å². The molecule has 0 saturated carbocycles. The van der Waals surface area contributed by atoms with Crippen molar-refractivity contribution in [2.75, 3.05) is 19.0 Å². The zero-order valence-electron chi connectivity index (χ0n) is 15.9. The molecular weight excluding hydrogens is 356 g/mol. The number of amides is 1. The van der Waals surface area contributed by atoms with Crippen LogP contribution in [0.4, 0.5) is 5.69 Å². The molecule has 1 aliphatic heterocycles. The summed E-state index contributed by atoms with van der Waals surface area (Å²) in [5, 5.41) is 3.46. The van der Waals surface area contributed by atoms with Crippen LogP contribution >= 0.6 is 0 Å². The van der Waals surface area contributed by atoms with Crippen molar-refractivity contribution in [2.24, 2.45) is 0 Å². The van der Waals surface area contributed by atoms with Crippen molar-refractivity contribution < 1.29 is 14.3 Å². The third-order valence-electron chi connectivity index (χ3n) is 4.97. The van der Waals surface area contributed by atoms with Gasteiger partial charge in [-0.3, -0.25) is 9.59 Å².